The number of fused-ring (bicyclic) bond motifs is 1. The molecule has 0 aliphatic rings. The van der Waals surface area contributed by atoms with Gasteiger partial charge in [0.1, 0.15) is 5.01 Å². The van der Waals surface area contributed by atoms with Gasteiger partial charge in [-0.25, -0.2) is 4.98 Å². The van der Waals surface area contributed by atoms with Crippen molar-refractivity contribution in [2.75, 3.05) is 33.2 Å². The van der Waals surface area contributed by atoms with Crippen molar-refractivity contribution in [3.8, 4) is 0 Å². The number of nitrogens with zero attached hydrogens (tertiary/aromatic N) is 3. The molecule has 1 aromatic heterocycles. The van der Waals surface area contributed by atoms with Crippen molar-refractivity contribution in [1.29, 1.82) is 0 Å². The Labute approximate surface area is 152 Å². The molecule has 0 saturated carbocycles. The Kier molecular flexibility index (Phi) is 6.90. The molecule has 0 bridgehead atoms. The Morgan fingerprint density at radius 3 is 2.60 bits per heavy atom. The van der Waals surface area contributed by atoms with Gasteiger partial charge >= 0.3 is 0 Å². The van der Waals surface area contributed by atoms with Crippen LogP contribution in [0.25, 0.3) is 10.2 Å². The number of thiazole rings is 1. The summed E-state index contributed by atoms with van der Waals surface area (Å²) < 4.78 is 1.15. The summed E-state index contributed by atoms with van der Waals surface area (Å²) in [5.74, 6) is -0.177. The zero-order valence-electron chi connectivity index (χ0n) is 15.3. The van der Waals surface area contributed by atoms with Crippen molar-refractivity contribution in [3.05, 3.63) is 29.3 Å². The minimum atomic E-state index is -0.125. The number of hydrogen-bond acceptors (Lipinski definition) is 5. The highest BCUT2D eigenvalue weighted by Crippen LogP contribution is 2.28. The molecule has 0 aliphatic heterocycles. The molecule has 2 amide bonds. The number of amides is 2. The summed E-state index contributed by atoms with van der Waals surface area (Å²) in [6.45, 7) is 7.23. The molecule has 25 heavy (non-hydrogen) atoms. The predicted molar refractivity (Wildman–Crippen MR) is 102 cm³/mol. The Morgan fingerprint density at radius 1 is 1.24 bits per heavy atom. The largest absolute Gasteiger partial charge is 0.355 e. The van der Waals surface area contributed by atoms with Crippen LogP contribution in [0.3, 0.4) is 0 Å². The maximum atomic E-state index is 12.5. The average Bonchev–Trinajstić information content (AvgIpc) is 3.03. The van der Waals surface area contributed by atoms with Crippen LogP contribution in [-0.4, -0.2) is 59.8 Å². The van der Waals surface area contributed by atoms with E-state index in [-0.39, 0.29) is 30.9 Å². The normalized spacial score (nSPS) is 12.4. The first-order valence-corrected chi connectivity index (χ1v) is 9.38. The highest BCUT2D eigenvalue weighted by Gasteiger charge is 2.22. The summed E-state index contributed by atoms with van der Waals surface area (Å²) in [6, 6.07) is 8.06. The molecular weight excluding hydrogens is 336 g/mol. The van der Waals surface area contributed by atoms with Crippen molar-refractivity contribution in [3.63, 3.8) is 0 Å². The zero-order valence-corrected chi connectivity index (χ0v) is 16.1. The molecule has 1 N–H and O–H groups in total. The monoisotopic (exact) mass is 362 g/mol. The van der Waals surface area contributed by atoms with E-state index in [0.29, 0.717) is 13.1 Å². The lowest BCUT2D eigenvalue weighted by Crippen LogP contribution is -2.44. The van der Waals surface area contributed by atoms with E-state index >= 15 is 0 Å². The predicted octanol–water partition coefficient (Wildman–Crippen LogP) is 2.27. The van der Waals surface area contributed by atoms with Crippen LogP contribution in [0.4, 0.5) is 0 Å². The lowest BCUT2D eigenvalue weighted by molar-refractivity contribution is -0.136. The molecule has 0 aliphatic carbocycles. The molecule has 1 atom stereocenters. The van der Waals surface area contributed by atoms with Gasteiger partial charge in [0.25, 0.3) is 0 Å². The number of nitrogens with one attached hydrogen (secondary N) is 1. The summed E-state index contributed by atoms with van der Waals surface area (Å²) in [5.41, 5.74) is 0.987. The molecule has 0 spiro atoms. The Balaban J connectivity index is 2.00. The molecule has 2 rings (SSSR count). The molecule has 0 radical (unpaired) electrons. The molecule has 6 nitrogen and oxygen atoms in total. The molecule has 0 fully saturated rings. The van der Waals surface area contributed by atoms with Gasteiger partial charge in [-0.15, -0.1) is 11.3 Å². The molecular formula is C18H26N4O2S. The molecule has 1 aromatic carbocycles. The van der Waals surface area contributed by atoms with E-state index in [0.717, 1.165) is 15.2 Å². The lowest BCUT2D eigenvalue weighted by atomic mass is 10.3. The molecule has 1 heterocycles. The van der Waals surface area contributed by atoms with Crippen molar-refractivity contribution < 1.29 is 9.59 Å². The first-order chi connectivity index (χ1) is 12.0. The molecule has 0 saturated heterocycles. The van der Waals surface area contributed by atoms with Crippen LogP contribution >= 0.6 is 11.3 Å². The number of benzene rings is 1. The third-order valence-electron chi connectivity index (χ3n) is 4.16. The number of carbonyl (C=O) groups excluding carboxylic acids is 2. The highest BCUT2D eigenvalue weighted by atomic mass is 32.1. The molecule has 0 unspecified atom stereocenters. The lowest BCUT2D eigenvalue weighted by Gasteiger charge is -2.26. The molecule has 7 heteroatoms. The molecule has 136 valence electrons. The van der Waals surface area contributed by atoms with Crippen LogP contribution in [0.5, 0.6) is 0 Å². The number of rotatable bonds is 8. The molecule has 2 aromatic rings. The van der Waals surface area contributed by atoms with Gasteiger partial charge in [-0.3, -0.25) is 14.5 Å². The van der Waals surface area contributed by atoms with Gasteiger partial charge in [-0.05, 0) is 40.0 Å². The number of para-hydroxylation sites is 1. The van der Waals surface area contributed by atoms with E-state index in [4.69, 9.17) is 0 Å². The third kappa shape index (κ3) is 4.99. The SMILES string of the molecule is CCNC(=O)CN(CC)C(=O)CN(C)[C@@H](C)c1nc2ccccc2s1. The maximum absolute atomic E-state index is 12.5. The van der Waals surface area contributed by atoms with Gasteiger partial charge in [-0.1, -0.05) is 12.1 Å². The summed E-state index contributed by atoms with van der Waals surface area (Å²) in [4.78, 5) is 32.5. The van der Waals surface area contributed by atoms with E-state index in [1.807, 2.05) is 50.9 Å². The number of likely N-dealkylation sites (N-methyl/N-ethyl adjacent to an activating group) is 3. The number of hydrogen-bond donors (Lipinski definition) is 1. The van der Waals surface area contributed by atoms with E-state index < -0.39 is 0 Å². The van der Waals surface area contributed by atoms with Gasteiger partial charge in [-0.2, -0.15) is 0 Å². The zero-order chi connectivity index (χ0) is 18.4. The standard InChI is InChI=1S/C18H26N4O2S/c1-5-19-16(23)11-22(6-2)17(24)12-21(4)13(3)18-20-14-9-7-8-10-15(14)25-18/h7-10,13H,5-6,11-12H2,1-4H3,(H,19,23)/t13-/m0/s1. The van der Waals surface area contributed by atoms with Crippen LogP contribution < -0.4 is 5.32 Å². The highest BCUT2D eigenvalue weighted by molar-refractivity contribution is 7.18. The van der Waals surface area contributed by atoms with E-state index in [2.05, 4.69) is 16.4 Å². The Bertz CT molecular complexity index is 698. The summed E-state index contributed by atoms with van der Waals surface area (Å²) in [7, 11) is 1.91. The topological polar surface area (TPSA) is 65.5 Å². The van der Waals surface area contributed by atoms with Crippen molar-refractivity contribution in [2.24, 2.45) is 0 Å². The van der Waals surface area contributed by atoms with E-state index in [1.165, 1.54) is 0 Å². The third-order valence-corrected chi connectivity index (χ3v) is 5.36. The summed E-state index contributed by atoms with van der Waals surface area (Å²) in [6.07, 6.45) is 0. The van der Waals surface area contributed by atoms with Gasteiger partial charge in [0.15, 0.2) is 0 Å². The van der Waals surface area contributed by atoms with Crippen molar-refractivity contribution in [1.82, 2.24) is 20.1 Å². The fourth-order valence-electron chi connectivity index (χ4n) is 2.51. The van der Waals surface area contributed by atoms with Crippen LogP contribution in [-0.2, 0) is 9.59 Å². The minimum absolute atomic E-state index is 0.0320. The fourth-order valence-corrected chi connectivity index (χ4v) is 3.59. The maximum Gasteiger partial charge on any atom is 0.239 e. The second-order valence-corrected chi connectivity index (χ2v) is 7.03. The Hall–Kier alpha value is -1.99. The quantitative estimate of drug-likeness (QED) is 0.782. The summed E-state index contributed by atoms with van der Waals surface area (Å²) >= 11 is 1.65. The summed E-state index contributed by atoms with van der Waals surface area (Å²) in [5, 5.41) is 3.72. The minimum Gasteiger partial charge on any atom is -0.355 e. The number of carbonyl (C=O) groups is 2. The van der Waals surface area contributed by atoms with Crippen LogP contribution in [0.15, 0.2) is 24.3 Å². The Morgan fingerprint density at radius 2 is 1.96 bits per heavy atom. The van der Waals surface area contributed by atoms with Crippen LogP contribution in [0.2, 0.25) is 0 Å². The van der Waals surface area contributed by atoms with Gasteiger partial charge in [0, 0.05) is 13.1 Å². The second-order valence-electron chi connectivity index (χ2n) is 5.97. The average molecular weight is 362 g/mol. The van der Waals surface area contributed by atoms with Gasteiger partial charge in [0.05, 0.1) is 29.3 Å². The van der Waals surface area contributed by atoms with Gasteiger partial charge < -0.3 is 10.2 Å². The van der Waals surface area contributed by atoms with Crippen molar-refractivity contribution >= 4 is 33.4 Å². The van der Waals surface area contributed by atoms with E-state index in [9.17, 15) is 9.59 Å². The first kappa shape index (κ1) is 19.3. The smallest absolute Gasteiger partial charge is 0.239 e. The van der Waals surface area contributed by atoms with Crippen LogP contribution in [0, 0.1) is 0 Å². The fraction of sp³-hybridized carbons (Fsp3) is 0.500. The van der Waals surface area contributed by atoms with Gasteiger partial charge in [0.2, 0.25) is 11.8 Å². The van der Waals surface area contributed by atoms with E-state index in [1.54, 1.807) is 16.2 Å². The second kappa shape index (κ2) is 8.92. The van der Waals surface area contributed by atoms with Crippen molar-refractivity contribution in [2.45, 2.75) is 26.8 Å². The first-order valence-electron chi connectivity index (χ1n) is 8.56. The van der Waals surface area contributed by atoms with Crippen LogP contribution in [0.1, 0.15) is 31.8 Å². The number of aromatic nitrogens is 1.